The van der Waals surface area contributed by atoms with Crippen LogP contribution in [0.3, 0.4) is 0 Å². The van der Waals surface area contributed by atoms with E-state index in [0.29, 0.717) is 12.5 Å². The lowest BCUT2D eigenvalue weighted by molar-refractivity contribution is -0.127. The van der Waals surface area contributed by atoms with Crippen molar-refractivity contribution < 1.29 is 9.53 Å². The Morgan fingerprint density at radius 3 is 2.56 bits per heavy atom. The maximum Gasteiger partial charge on any atom is 0.237 e. The topological polar surface area (TPSA) is 50.4 Å². The molecule has 1 heterocycles. The van der Waals surface area contributed by atoms with Crippen LogP contribution in [0.4, 0.5) is 0 Å². The molecule has 0 aliphatic carbocycles. The highest BCUT2D eigenvalue weighted by molar-refractivity contribution is 5.82. The predicted octanol–water partition coefficient (Wildman–Crippen LogP) is 1.69. The molecule has 1 aliphatic heterocycles. The van der Waals surface area contributed by atoms with Crippen molar-refractivity contribution in [2.45, 2.75) is 65.1 Å². The second-order valence-corrected chi connectivity index (χ2v) is 6.56. The highest BCUT2D eigenvalue weighted by Crippen LogP contribution is 2.11. The smallest absolute Gasteiger partial charge is 0.237 e. The SMILES string of the molecule is CC(C)CCC1NCC(COC(C)(C)C)NC1=O. The van der Waals surface area contributed by atoms with Crippen molar-refractivity contribution in [3.8, 4) is 0 Å². The van der Waals surface area contributed by atoms with E-state index in [4.69, 9.17) is 4.74 Å². The predicted molar refractivity (Wildman–Crippen MR) is 73.5 cm³/mol. The van der Waals surface area contributed by atoms with Crippen molar-refractivity contribution in [3.05, 3.63) is 0 Å². The molecular formula is C14H28N2O2. The van der Waals surface area contributed by atoms with E-state index in [1.807, 2.05) is 20.8 Å². The van der Waals surface area contributed by atoms with Gasteiger partial charge in [-0.05, 0) is 39.5 Å². The van der Waals surface area contributed by atoms with Crippen molar-refractivity contribution in [1.29, 1.82) is 0 Å². The normalized spacial score (nSPS) is 25.3. The Kier molecular flexibility index (Phi) is 5.60. The van der Waals surface area contributed by atoms with Crippen LogP contribution in [0.2, 0.25) is 0 Å². The van der Waals surface area contributed by atoms with E-state index in [1.54, 1.807) is 0 Å². The summed E-state index contributed by atoms with van der Waals surface area (Å²) in [6, 6.07) is 0.0605. The Bertz CT molecular complexity index is 271. The molecular weight excluding hydrogens is 228 g/mol. The summed E-state index contributed by atoms with van der Waals surface area (Å²) < 4.78 is 5.70. The van der Waals surface area contributed by atoms with Gasteiger partial charge in [0.15, 0.2) is 0 Å². The van der Waals surface area contributed by atoms with Gasteiger partial charge in [-0.25, -0.2) is 0 Å². The van der Waals surface area contributed by atoms with Crippen LogP contribution in [0.25, 0.3) is 0 Å². The average Bonchev–Trinajstić information content (AvgIpc) is 2.24. The first-order valence-electron chi connectivity index (χ1n) is 6.95. The van der Waals surface area contributed by atoms with Crippen molar-refractivity contribution in [1.82, 2.24) is 10.6 Å². The fraction of sp³-hybridized carbons (Fsp3) is 0.929. The number of nitrogens with one attached hydrogen (secondary N) is 2. The largest absolute Gasteiger partial charge is 0.374 e. The lowest BCUT2D eigenvalue weighted by Gasteiger charge is -2.32. The first-order valence-corrected chi connectivity index (χ1v) is 6.95. The summed E-state index contributed by atoms with van der Waals surface area (Å²) in [5.74, 6) is 0.756. The summed E-state index contributed by atoms with van der Waals surface area (Å²) in [5, 5.41) is 6.35. The van der Waals surface area contributed by atoms with Gasteiger partial charge in [0.05, 0.1) is 24.3 Å². The summed E-state index contributed by atoms with van der Waals surface area (Å²) in [7, 11) is 0. The molecule has 0 saturated carbocycles. The molecule has 106 valence electrons. The Morgan fingerprint density at radius 1 is 1.39 bits per heavy atom. The molecule has 0 aromatic carbocycles. The van der Waals surface area contributed by atoms with E-state index in [0.717, 1.165) is 19.4 Å². The third-order valence-electron chi connectivity index (χ3n) is 3.02. The summed E-state index contributed by atoms with van der Waals surface area (Å²) in [4.78, 5) is 11.9. The van der Waals surface area contributed by atoms with E-state index in [9.17, 15) is 4.79 Å². The van der Waals surface area contributed by atoms with E-state index in [-0.39, 0.29) is 23.6 Å². The molecule has 0 aromatic heterocycles. The van der Waals surface area contributed by atoms with E-state index in [2.05, 4.69) is 24.5 Å². The summed E-state index contributed by atoms with van der Waals surface area (Å²) in [5.41, 5.74) is -0.154. The van der Waals surface area contributed by atoms with Crippen LogP contribution in [0.5, 0.6) is 0 Å². The fourth-order valence-electron chi connectivity index (χ4n) is 1.91. The molecule has 1 saturated heterocycles. The number of ether oxygens (including phenoxy) is 1. The average molecular weight is 256 g/mol. The maximum atomic E-state index is 11.9. The minimum atomic E-state index is -0.154. The van der Waals surface area contributed by atoms with Crippen LogP contribution in [0.1, 0.15) is 47.5 Å². The van der Waals surface area contributed by atoms with Crippen molar-refractivity contribution in [2.24, 2.45) is 5.92 Å². The molecule has 2 unspecified atom stereocenters. The van der Waals surface area contributed by atoms with Gasteiger partial charge in [-0.1, -0.05) is 13.8 Å². The van der Waals surface area contributed by atoms with Crippen LogP contribution in [-0.4, -0.2) is 36.7 Å². The van der Waals surface area contributed by atoms with Crippen LogP contribution < -0.4 is 10.6 Å². The lowest BCUT2D eigenvalue weighted by Crippen LogP contribution is -2.59. The third-order valence-corrected chi connectivity index (χ3v) is 3.02. The molecule has 4 heteroatoms. The van der Waals surface area contributed by atoms with E-state index >= 15 is 0 Å². The van der Waals surface area contributed by atoms with Gasteiger partial charge >= 0.3 is 0 Å². The minimum Gasteiger partial charge on any atom is -0.374 e. The number of rotatable bonds is 5. The van der Waals surface area contributed by atoms with Gasteiger partial charge in [-0.15, -0.1) is 0 Å². The Hall–Kier alpha value is -0.610. The summed E-state index contributed by atoms with van der Waals surface area (Å²) >= 11 is 0. The van der Waals surface area contributed by atoms with Gasteiger partial charge in [0.2, 0.25) is 5.91 Å². The molecule has 0 radical (unpaired) electrons. The van der Waals surface area contributed by atoms with Crippen molar-refractivity contribution in [3.63, 3.8) is 0 Å². The number of carbonyl (C=O) groups is 1. The molecule has 18 heavy (non-hydrogen) atoms. The molecule has 0 aromatic rings. The first kappa shape index (κ1) is 15.4. The quantitative estimate of drug-likeness (QED) is 0.787. The Balaban J connectivity index is 2.30. The first-order chi connectivity index (χ1) is 8.28. The zero-order valence-electron chi connectivity index (χ0n) is 12.4. The number of hydrogen-bond acceptors (Lipinski definition) is 3. The highest BCUT2D eigenvalue weighted by Gasteiger charge is 2.28. The van der Waals surface area contributed by atoms with Gasteiger partial charge in [0.25, 0.3) is 0 Å². The number of hydrogen-bond donors (Lipinski definition) is 2. The Morgan fingerprint density at radius 2 is 2.06 bits per heavy atom. The Labute approximate surface area is 111 Å². The van der Waals surface area contributed by atoms with Crippen molar-refractivity contribution >= 4 is 5.91 Å². The molecule has 0 bridgehead atoms. The summed E-state index contributed by atoms with van der Waals surface area (Å²) in [6.07, 6.45) is 1.99. The summed E-state index contributed by atoms with van der Waals surface area (Å²) in [6.45, 7) is 11.8. The molecule has 2 N–H and O–H groups in total. The zero-order valence-corrected chi connectivity index (χ0v) is 12.4. The van der Waals surface area contributed by atoms with Gasteiger partial charge in [0.1, 0.15) is 0 Å². The lowest BCUT2D eigenvalue weighted by atomic mass is 10.0. The van der Waals surface area contributed by atoms with Gasteiger partial charge in [-0.2, -0.15) is 0 Å². The van der Waals surface area contributed by atoms with Crippen LogP contribution in [-0.2, 0) is 9.53 Å². The molecule has 1 aliphatic rings. The third kappa shape index (κ3) is 5.83. The van der Waals surface area contributed by atoms with Crippen LogP contribution in [0.15, 0.2) is 0 Å². The van der Waals surface area contributed by atoms with Crippen LogP contribution >= 0.6 is 0 Å². The molecule has 1 fully saturated rings. The molecule has 2 atom stereocenters. The molecule has 0 spiro atoms. The van der Waals surface area contributed by atoms with E-state index < -0.39 is 0 Å². The zero-order chi connectivity index (χ0) is 13.8. The monoisotopic (exact) mass is 256 g/mol. The minimum absolute atomic E-state index is 0.0294. The van der Waals surface area contributed by atoms with Crippen molar-refractivity contribution in [2.75, 3.05) is 13.2 Å². The second kappa shape index (κ2) is 6.53. The second-order valence-electron chi connectivity index (χ2n) is 6.56. The van der Waals surface area contributed by atoms with Crippen LogP contribution in [0, 0.1) is 5.92 Å². The fourth-order valence-corrected chi connectivity index (χ4v) is 1.91. The molecule has 1 rings (SSSR count). The van der Waals surface area contributed by atoms with E-state index in [1.165, 1.54) is 0 Å². The number of carbonyl (C=O) groups excluding carboxylic acids is 1. The standard InChI is InChI=1S/C14H28N2O2/c1-10(2)6-7-12-13(17)16-11(8-15-12)9-18-14(3,4)5/h10-12,15H,6-9H2,1-5H3,(H,16,17). The number of piperazine rings is 1. The van der Waals surface area contributed by atoms with Gasteiger partial charge in [0, 0.05) is 6.54 Å². The molecule has 1 amide bonds. The maximum absolute atomic E-state index is 11.9. The van der Waals surface area contributed by atoms with Gasteiger partial charge < -0.3 is 15.4 Å². The molecule has 4 nitrogen and oxygen atoms in total. The highest BCUT2D eigenvalue weighted by atomic mass is 16.5. The van der Waals surface area contributed by atoms with Gasteiger partial charge in [-0.3, -0.25) is 4.79 Å². The number of amides is 1.